The van der Waals surface area contributed by atoms with Crippen LogP contribution in [-0.2, 0) is 11.3 Å². The van der Waals surface area contributed by atoms with Crippen molar-refractivity contribution in [2.24, 2.45) is 0 Å². The van der Waals surface area contributed by atoms with E-state index in [2.05, 4.69) is 6.07 Å². The summed E-state index contributed by atoms with van der Waals surface area (Å²) in [6, 6.07) is 14.1. The van der Waals surface area contributed by atoms with Gasteiger partial charge in [0.1, 0.15) is 5.76 Å². The number of rotatable bonds is 5. The zero-order valence-corrected chi connectivity index (χ0v) is 17.7. The number of carbonyl (C=O) groups is 2. The van der Waals surface area contributed by atoms with E-state index in [9.17, 15) is 9.59 Å². The molecule has 152 valence electrons. The van der Waals surface area contributed by atoms with Gasteiger partial charge in [-0.05, 0) is 67.4 Å². The minimum Gasteiger partial charge on any atom is -0.467 e. The number of nitrogens with zero attached hydrogens (tertiary/aromatic N) is 2. The monoisotopic (exact) mass is 420 g/mol. The first-order valence-corrected chi connectivity index (χ1v) is 10.2. The van der Waals surface area contributed by atoms with Gasteiger partial charge in [0.05, 0.1) is 35.7 Å². The van der Waals surface area contributed by atoms with Crippen molar-refractivity contribution in [1.82, 2.24) is 4.98 Å². The van der Waals surface area contributed by atoms with Gasteiger partial charge < -0.3 is 9.15 Å². The fourth-order valence-electron chi connectivity index (χ4n) is 3.29. The van der Waals surface area contributed by atoms with Crippen LogP contribution in [0.4, 0.5) is 5.13 Å². The second kappa shape index (κ2) is 8.12. The molecule has 0 bridgehead atoms. The molecule has 0 fully saturated rings. The second-order valence-corrected chi connectivity index (χ2v) is 7.94. The summed E-state index contributed by atoms with van der Waals surface area (Å²) >= 11 is 1.48. The molecule has 0 unspecified atom stereocenters. The highest BCUT2D eigenvalue weighted by atomic mass is 32.1. The van der Waals surface area contributed by atoms with Gasteiger partial charge >= 0.3 is 5.97 Å². The third-order valence-electron chi connectivity index (χ3n) is 4.73. The van der Waals surface area contributed by atoms with Crippen LogP contribution in [0.5, 0.6) is 0 Å². The molecule has 6 nitrogen and oxygen atoms in total. The van der Waals surface area contributed by atoms with Crippen molar-refractivity contribution in [2.45, 2.75) is 20.4 Å². The largest absolute Gasteiger partial charge is 0.467 e. The topological polar surface area (TPSA) is 72.6 Å². The highest BCUT2D eigenvalue weighted by Crippen LogP contribution is 2.33. The molecule has 0 atom stereocenters. The highest BCUT2D eigenvalue weighted by molar-refractivity contribution is 7.22. The van der Waals surface area contributed by atoms with Crippen LogP contribution in [0.25, 0.3) is 10.2 Å². The van der Waals surface area contributed by atoms with Crippen LogP contribution >= 0.6 is 11.3 Å². The number of fused-ring (bicyclic) bond motifs is 1. The van der Waals surface area contributed by atoms with E-state index in [4.69, 9.17) is 14.1 Å². The van der Waals surface area contributed by atoms with Gasteiger partial charge in [0, 0.05) is 5.56 Å². The van der Waals surface area contributed by atoms with E-state index in [1.54, 1.807) is 41.5 Å². The maximum absolute atomic E-state index is 13.4. The minimum atomic E-state index is -0.446. The molecular formula is C23H20N2O4S. The Kier molecular flexibility index (Phi) is 5.37. The van der Waals surface area contributed by atoms with E-state index in [1.807, 2.05) is 26.0 Å². The summed E-state index contributed by atoms with van der Waals surface area (Å²) in [5, 5.41) is 0.595. The fraction of sp³-hybridized carbons (Fsp3) is 0.174. The Morgan fingerprint density at radius 3 is 2.50 bits per heavy atom. The van der Waals surface area contributed by atoms with Crippen molar-refractivity contribution in [3.05, 3.63) is 82.8 Å². The fourth-order valence-corrected chi connectivity index (χ4v) is 4.30. The van der Waals surface area contributed by atoms with Crippen LogP contribution in [-0.4, -0.2) is 24.0 Å². The Hall–Kier alpha value is -3.45. The van der Waals surface area contributed by atoms with Crippen LogP contribution in [0, 0.1) is 13.8 Å². The number of thiazole rings is 1. The van der Waals surface area contributed by atoms with Crippen molar-refractivity contribution in [3.63, 3.8) is 0 Å². The molecule has 4 aromatic rings. The molecule has 1 amide bonds. The van der Waals surface area contributed by atoms with Crippen LogP contribution < -0.4 is 4.90 Å². The molecule has 7 heteroatoms. The van der Waals surface area contributed by atoms with Crippen molar-refractivity contribution < 1.29 is 18.7 Å². The van der Waals surface area contributed by atoms with E-state index in [0.29, 0.717) is 22.0 Å². The maximum atomic E-state index is 13.4. The Balaban J connectivity index is 1.74. The molecule has 0 saturated carbocycles. The smallest absolute Gasteiger partial charge is 0.337 e. The lowest BCUT2D eigenvalue weighted by Gasteiger charge is -2.19. The first-order valence-electron chi connectivity index (χ1n) is 9.36. The number of methoxy groups -OCH3 is 1. The molecule has 4 rings (SSSR count). The van der Waals surface area contributed by atoms with E-state index < -0.39 is 5.97 Å². The van der Waals surface area contributed by atoms with Crippen LogP contribution in [0.15, 0.2) is 59.2 Å². The molecule has 0 aliphatic heterocycles. The number of ether oxygens (including phenoxy) is 1. The zero-order valence-electron chi connectivity index (χ0n) is 16.8. The average Bonchev–Trinajstić information content (AvgIpc) is 3.40. The molecule has 0 radical (unpaired) electrons. The van der Waals surface area contributed by atoms with Gasteiger partial charge in [-0.1, -0.05) is 17.4 Å². The van der Waals surface area contributed by atoms with Crippen LogP contribution in [0.1, 0.15) is 37.6 Å². The number of aromatic nitrogens is 1. The lowest BCUT2D eigenvalue weighted by Crippen LogP contribution is -2.30. The summed E-state index contributed by atoms with van der Waals surface area (Å²) in [5.41, 5.74) is 3.95. The third kappa shape index (κ3) is 3.84. The normalized spacial score (nSPS) is 10.9. The number of furan rings is 1. The summed E-state index contributed by atoms with van der Waals surface area (Å²) in [4.78, 5) is 31.4. The molecular weight excluding hydrogens is 400 g/mol. The number of hydrogen-bond acceptors (Lipinski definition) is 6. The molecule has 0 saturated heterocycles. The summed E-state index contributed by atoms with van der Waals surface area (Å²) in [6.07, 6.45) is 1.58. The van der Waals surface area contributed by atoms with E-state index in [0.717, 1.165) is 21.3 Å². The summed E-state index contributed by atoms with van der Waals surface area (Å²) < 4.78 is 11.2. The third-order valence-corrected chi connectivity index (χ3v) is 5.96. The minimum absolute atomic E-state index is 0.226. The van der Waals surface area contributed by atoms with Crippen LogP contribution in [0.3, 0.4) is 0 Å². The highest BCUT2D eigenvalue weighted by Gasteiger charge is 2.23. The molecule has 2 aromatic carbocycles. The Morgan fingerprint density at radius 2 is 1.83 bits per heavy atom. The van der Waals surface area contributed by atoms with Crippen molar-refractivity contribution in [1.29, 1.82) is 0 Å². The number of hydrogen-bond donors (Lipinski definition) is 0. The number of amides is 1. The average molecular weight is 420 g/mol. The number of benzene rings is 2. The lowest BCUT2D eigenvalue weighted by atomic mass is 10.1. The Morgan fingerprint density at radius 1 is 1.10 bits per heavy atom. The van der Waals surface area contributed by atoms with Gasteiger partial charge in [-0.2, -0.15) is 0 Å². The van der Waals surface area contributed by atoms with Crippen molar-refractivity contribution >= 4 is 38.6 Å². The summed E-state index contributed by atoms with van der Waals surface area (Å²) in [6.45, 7) is 4.32. The van der Waals surface area contributed by atoms with Crippen molar-refractivity contribution in [3.8, 4) is 0 Å². The molecule has 0 aliphatic carbocycles. The van der Waals surface area contributed by atoms with Crippen molar-refractivity contribution in [2.75, 3.05) is 12.0 Å². The Bertz CT molecular complexity index is 1210. The molecule has 0 aliphatic rings. The number of anilines is 1. The molecule has 30 heavy (non-hydrogen) atoms. The second-order valence-electron chi connectivity index (χ2n) is 6.97. The maximum Gasteiger partial charge on any atom is 0.337 e. The molecule has 0 N–H and O–H groups in total. The van der Waals surface area contributed by atoms with E-state index in [1.165, 1.54) is 18.4 Å². The van der Waals surface area contributed by atoms with Gasteiger partial charge in [0.2, 0.25) is 0 Å². The lowest BCUT2D eigenvalue weighted by molar-refractivity contribution is 0.0600. The Labute approximate surface area is 177 Å². The first kappa shape index (κ1) is 19.8. The van der Waals surface area contributed by atoms with E-state index in [-0.39, 0.29) is 12.5 Å². The van der Waals surface area contributed by atoms with Crippen LogP contribution in [0.2, 0.25) is 0 Å². The predicted octanol–water partition coefficient (Wildman–Crippen LogP) is 5.14. The molecule has 0 spiro atoms. The van der Waals surface area contributed by atoms with Gasteiger partial charge in [-0.15, -0.1) is 0 Å². The van der Waals surface area contributed by atoms with Gasteiger partial charge in [0.15, 0.2) is 5.13 Å². The SMILES string of the molecule is COC(=O)c1ccc(C(=O)N(Cc2ccco2)c2nc3cc(C)cc(C)c3s2)cc1. The standard InChI is InChI=1S/C23H20N2O4S/c1-14-11-15(2)20-19(12-14)24-23(30-20)25(13-18-5-4-10-29-18)21(26)16-6-8-17(9-7-16)22(27)28-3/h4-12H,13H2,1-3H3. The summed E-state index contributed by atoms with van der Waals surface area (Å²) in [5.74, 6) is -0.0172. The zero-order chi connectivity index (χ0) is 21.3. The first-order chi connectivity index (χ1) is 14.5. The number of carbonyl (C=O) groups excluding carboxylic acids is 2. The number of esters is 1. The molecule has 2 aromatic heterocycles. The van der Waals surface area contributed by atoms with Gasteiger partial charge in [-0.25, -0.2) is 9.78 Å². The predicted molar refractivity (Wildman–Crippen MR) is 116 cm³/mol. The van der Waals surface area contributed by atoms with Gasteiger partial charge in [-0.3, -0.25) is 9.69 Å². The van der Waals surface area contributed by atoms with Gasteiger partial charge in [0.25, 0.3) is 5.91 Å². The van der Waals surface area contributed by atoms with E-state index >= 15 is 0 Å². The summed E-state index contributed by atoms with van der Waals surface area (Å²) in [7, 11) is 1.32. The quantitative estimate of drug-likeness (QED) is 0.418. The number of aryl methyl sites for hydroxylation is 2. The molecule has 2 heterocycles.